The molecule has 3 heterocycles. The Balaban J connectivity index is 0.00000413. The van der Waals surface area contributed by atoms with E-state index in [9.17, 15) is 0 Å². The van der Waals surface area contributed by atoms with Crippen LogP contribution < -0.4 is 9.30 Å². The second kappa shape index (κ2) is 13.1. The van der Waals surface area contributed by atoms with E-state index in [0.717, 1.165) is 50.8 Å². The molecule has 1 aliphatic rings. The third kappa shape index (κ3) is 5.98. The standard InChI is InChI=1S/C48H44N4O.Pt/c1-46(2,3)32-24-27-49-44(28-32)52-39-18-9-8-16-36(39)37-23-22-35(30-43(37)52)53-34-15-12-14-33(29-34)50-31-51(41-20-11-10-19-40(41)50)42-21-13-17-38-45(42)48(6,7)26-25-47(38,4)5;/h8-24,27-28H,25-26H2,1-7H3;/q-2;. The molecule has 9 rings (SSSR count). The Hall–Kier alpha value is -4.99. The molecule has 0 spiro atoms. The largest absolute Gasteiger partial charge is 0.510 e. The quantitative estimate of drug-likeness (QED) is 0.128. The van der Waals surface area contributed by atoms with Crippen LogP contribution in [0.1, 0.15) is 78.0 Å². The molecule has 0 saturated heterocycles. The number of imidazole rings is 1. The van der Waals surface area contributed by atoms with Crippen molar-refractivity contribution in [2.24, 2.45) is 0 Å². The monoisotopic (exact) mass is 887 g/mol. The van der Waals surface area contributed by atoms with Gasteiger partial charge in [0.05, 0.1) is 16.7 Å². The van der Waals surface area contributed by atoms with Crippen LogP contribution in [0.4, 0.5) is 0 Å². The van der Waals surface area contributed by atoms with E-state index in [2.05, 4.69) is 172 Å². The number of para-hydroxylation sites is 3. The van der Waals surface area contributed by atoms with Crippen LogP contribution in [0.3, 0.4) is 0 Å². The van der Waals surface area contributed by atoms with E-state index >= 15 is 0 Å². The molecule has 3 aromatic heterocycles. The zero-order valence-electron chi connectivity index (χ0n) is 31.9. The first-order valence-corrected chi connectivity index (χ1v) is 18.6. The van der Waals surface area contributed by atoms with Crippen molar-refractivity contribution >= 4 is 32.8 Å². The number of benzene rings is 5. The van der Waals surface area contributed by atoms with Crippen LogP contribution >= 0.6 is 0 Å². The minimum Gasteiger partial charge on any atom is -0.510 e. The summed E-state index contributed by atoms with van der Waals surface area (Å²) in [6, 6.07) is 45.3. The molecular weight excluding hydrogens is 844 g/mol. The van der Waals surface area contributed by atoms with E-state index in [1.165, 1.54) is 28.8 Å². The molecule has 6 heteroatoms. The molecule has 0 bridgehead atoms. The summed E-state index contributed by atoms with van der Waals surface area (Å²) in [5.74, 6) is 2.07. The van der Waals surface area contributed by atoms with Crippen LogP contribution in [0.5, 0.6) is 11.5 Å². The Morgan fingerprint density at radius 3 is 2.26 bits per heavy atom. The Morgan fingerprint density at radius 1 is 0.722 bits per heavy atom. The first-order valence-electron chi connectivity index (χ1n) is 18.6. The summed E-state index contributed by atoms with van der Waals surface area (Å²) < 4.78 is 13.1. The predicted octanol–water partition coefficient (Wildman–Crippen LogP) is 11.2. The zero-order valence-corrected chi connectivity index (χ0v) is 34.2. The molecule has 5 nitrogen and oxygen atoms in total. The van der Waals surface area contributed by atoms with Crippen molar-refractivity contribution in [3.8, 4) is 28.7 Å². The first kappa shape index (κ1) is 36.0. The average molecular weight is 888 g/mol. The van der Waals surface area contributed by atoms with Gasteiger partial charge in [0.2, 0.25) is 0 Å². The Bertz CT molecular complexity index is 2710. The molecule has 5 aromatic carbocycles. The first-order chi connectivity index (χ1) is 25.4. The second-order valence-corrected chi connectivity index (χ2v) is 16.8. The van der Waals surface area contributed by atoms with Gasteiger partial charge >= 0.3 is 0 Å². The summed E-state index contributed by atoms with van der Waals surface area (Å²) in [7, 11) is 0. The molecule has 1 aliphatic carbocycles. The van der Waals surface area contributed by atoms with Gasteiger partial charge in [-0.05, 0) is 81.1 Å². The maximum atomic E-state index is 6.56. The zero-order chi connectivity index (χ0) is 36.7. The van der Waals surface area contributed by atoms with E-state index < -0.39 is 0 Å². The molecule has 0 atom stereocenters. The minimum absolute atomic E-state index is 0. The number of hydrogen-bond donors (Lipinski definition) is 0. The van der Waals surface area contributed by atoms with Crippen molar-refractivity contribution in [2.75, 3.05) is 0 Å². The molecule has 8 aromatic rings. The summed E-state index contributed by atoms with van der Waals surface area (Å²) in [5.41, 5.74) is 10.4. The molecule has 0 fully saturated rings. The molecule has 0 saturated carbocycles. The number of hydrogen-bond acceptors (Lipinski definition) is 2. The van der Waals surface area contributed by atoms with Crippen LogP contribution in [0.15, 0.2) is 115 Å². The predicted molar refractivity (Wildman–Crippen MR) is 214 cm³/mol. The fourth-order valence-electron chi connectivity index (χ4n) is 8.23. The van der Waals surface area contributed by atoms with Gasteiger partial charge in [-0.2, -0.15) is 18.2 Å². The molecular formula is C48H44N4OPt-2. The van der Waals surface area contributed by atoms with Gasteiger partial charge < -0.3 is 13.9 Å². The molecule has 0 N–H and O–H groups in total. The van der Waals surface area contributed by atoms with Crippen LogP contribution in [0, 0.1) is 18.5 Å². The molecule has 274 valence electrons. The summed E-state index contributed by atoms with van der Waals surface area (Å²) >= 11 is 0. The maximum absolute atomic E-state index is 6.56. The van der Waals surface area contributed by atoms with Crippen molar-refractivity contribution < 1.29 is 30.4 Å². The van der Waals surface area contributed by atoms with Gasteiger partial charge in [-0.3, -0.25) is 4.57 Å². The number of nitrogens with zero attached hydrogens (tertiary/aromatic N) is 4. The van der Waals surface area contributed by atoms with Crippen LogP contribution in [-0.2, 0) is 37.3 Å². The molecule has 0 amide bonds. The molecule has 54 heavy (non-hydrogen) atoms. The number of aromatic nitrogens is 4. The normalized spacial score (nSPS) is 14.9. The maximum Gasteiger partial charge on any atom is 0.268 e. The van der Waals surface area contributed by atoms with Crippen molar-refractivity contribution in [2.45, 2.75) is 77.6 Å². The third-order valence-electron chi connectivity index (χ3n) is 11.2. The fraction of sp³-hybridized carbons (Fsp3) is 0.250. The van der Waals surface area contributed by atoms with Crippen molar-refractivity contribution in [1.29, 1.82) is 0 Å². The van der Waals surface area contributed by atoms with Gasteiger partial charge in [-0.25, -0.2) is 4.98 Å². The van der Waals surface area contributed by atoms with E-state index in [-0.39, 0.29) is 37.3 Å². The number of rotatable bonds is 5. The smallest absolute Gasteiger partial charge is 0.268 e. The molecule has 0 radical (unpaired) electrons. The third-order valence-corrected chi connectivity index (χ3v) is 11.2. The fourth-order valence-corrected chi connectivity index (χ4v) is 8.23. The van der Waals surface area contributed by atoms with Crippen molar-refractivity contribution in [3.05, 3.63) is 151 Å². The van der Waals surface area contributed by atoms with Gasteiger partial charge in [-0.15, -0.1) is 29.7 Å². The Labute approximate surface area is 332 Å². The van der Waals surface area contributed by atoms with Gasteiger partial charge in [0.15, 0.2) is 0 Å². The Morgan fingerprint density at radius 2 is 1.44 bits per heavy atom. The van der Waals surface area contributed by atoms with Gasteiger partial charge in [-0.1, -0.05) is 109 Å². The van der Waals surface area contributed by atoms with Gasteiger partial charge in [0, 0.05) is 44.3 Å². The summed E-state index contributed by atoms with van der Waals surface area (Å²) in [6.45, 7) is 16.2. The summed E-state index contributed by atoms with van der Waals surface area (Å²) in [5, 5.41) is 2.25. The topological polar surface area (TPSA) is 35.9 Å². The SMILES string of the molecule is CC(C)(C)c1ccnc(-n2c3[c-]c(Oc4[c-]c(-n5[c-][n+](-c6cccc7c6C(C)(C)CCC7(C)C)c6ccccc65)ccc4)ccc3c3ccccc32)c1.[Pt]. The number of ether oxygens (including phenoxy) is 1. The van der Waals surface area contributed by atoms with Crippen LogP contribution in [0.25, 0.3) is 50.0 Å². The van der Waals surface area contributed by atoms with Gasteiger partial charge in [0.1, 0.15) is 5.82 Å². The van der Waals surface area contributed by atoms with Crippen molar-refractivity contribution in [1.82, 2.24) is 14.1 Å². The van der Waals surface area contributed by atoms with Gasteiger partial charge in [0.25, 0.3) is 6.33 Å². The van der Waals surface area contributed by atoms with E-state index in [0.29, 0.717) is 11.5 Å². The van der Waals surface area contributed by atoms with Crippen LogP contribution in [-0.4, -0.2) is 14.1 Å². The van der Waals surface area contributed by atoms with Crippen LogP contribution in [0.2, 0.25) is 0 Å². The van der Waals surface area contributed by atoms with Crippen molar-refractivity contribution in [3.63, 3.8) is 0 Å². The summed E-state index contributed by atoms with van der Waals surface area (Å²) in [4.78, 5) is 4.83. The van der Waals surface area contributed by atoms with E-state index in [1.54, 1.807) is 0 Å². The number of fused-ring (bicyclic) bond motifs is 5. The van der Waals surface area contributed by atoms with E-state index in [1.807, 2.05) is 24.4 Å². The average Bonchev–Trinajstić information content (AvgIpc) is 3.69. The van der Waals surface area contributed by atoms with E-state index in [4.69, 9.17) is 9.72 Å². The Kier molecular flexibility index (Phi) is 8.73. The number of pyridine rings is 1. The molecule has 0 unspecified atom stereocenters. The summed E-state index contributed by atoms with van der Waals surface area (Å²) in [6.07, 6.45) is 7.94. The second-order valence-electron chi connectivity index (χ2n) is 16.8. The minimum atomic E-state index is -0.00890. The molecule has 0 aliphatic heterocycles.